The van der Waals surface area contributed by atoms with Crippen LogP contribution in [0.1, 0.15) is 5.56 Å². The molecule has 0 amide bonds. The smallest absolute Gasteiger partial charge is 0.159 e. The van der Waals surface area contributed by atoms with Crippen LogP contribution in [-0.2, 0) is 0 Å². The molecule has 0 spiro atoms. The average Bonchev–Trinajstić information content (AvgIpc) is 2.49. The minimum Gasteiger partial charge on any atom is -0.507 e. The Morgan fingerprint density at radius 1 is 1.13 bits per heavy atom. The maximum Gasteiger partial charge on any atom is 0.159 e. The van der Waals surface area contributed by atoms with Crippen molar-refractivity contribution in [2.24, 2.45) is 0 Å². The van der Waals surface area contributed by atoms with Crippen LogP contribution in [0.2, 0.25) is 5.02 Å². The largest absolute Gasteiger partial charge is 0.507 e. The predicted molar refractivity (Wildman–Crippen MR) is 85.8 cm³/mol. The summed E-state index contributed by atoms with van der Waals surface area (Å²) in [5.74, 6) is -1.56. The van der Waals surface area contributed by atoms with Crippen LogP contribution in [0.5, 0.6) is 5.75 Å². The molecule has 23 heavy (non-hydrogen) atoms. The lowest BCUT2D eigenvalue weighted by atomic mass is 9.99. The highest BCUT2D eigenvalue weighted by molar-refractivity contribution is 6.34. The summed E-state index contributed by atoms with van der Waals surface area (Å²) in [6.07, 6.45) is 1.19. The van der Waals surface area contributed by atoms with Crippen LogP contribution in [0.25, 0.3) is 22.0 Å². The van der Waals surface area contributed by atoms with Crippen LogP contribution in [0.4, 0.5) is 14.6 Å². The molecule has 0 aliphatic rings. The van der Waals surface area contributed by atoms with Gasteiger partial charge in [-0.05, 0) is 30.7 Å². The number of hydrogen-bond donors (Lipinski definition) is 2. The maximum absolute atomic E-state index is 14.9. The highest BCUT2D eigenvalue weighted by atomic mass is 35.5. The first kappa shape index (κ1) is 15.4. The first-order chi connectivity index (χ1) is 10.9. The minimum atomic E-state index is -0.815. The number of hydrogen-bond acceptors (Lipinski definition) is 4. The van der Waals surface area contributed by atoms with Crippen LogP contribution in [-0.4, -0.2) is 22.1 Å². The van der Waals surface area contributed by atoms with Gasteiger partial charge in [0, 0.05) is 18.0 Å². The molecule has 2 aromatic carbocycles. The number of fused-ring (bicyclic) bond motifs is 1. The standard InChI is InChI=1S/C16H12ClF2N3O/c1-7-3-10(18)13(11(23)4-7)12-9(17)5-8-15(14(12)19)21-6-22-16(8)20-2/h3-6,23H,1-2H3,(H,20,21,22). The van der Waals surface area contributed by atoms with Crippen molar-refractivity contribution in [1.29, 1.82) is 0 Å². The van der Waals surface area contributed by atoms with Crippen molar-refractivity contribution >= 4 is 28.3 Å². The second-order valence-corrected chi connectivity index (χ2v) is 5.46. The van der Waals surface area contributed by atoms with E-state index in [1.54, 1.807) is 14.0 Å². The summed E-state index contributed by atoms with van der Waals surface area (Å²) < 4.78 is 29.2. The van der Waals surface area contributed by atoms with E-state index in [0.717, 1.165) is 0 Å². The lowest BCUT2D eigenvalue weighted by Crippen LogP contribution is -1.99. The number of phenols is 1. The van der Waals surface area contributed by atoms with Gasteiger partial charge in [0.25, 0.3) is 0 Å². The molecule has 0 unspecified atom stereocenters. The number of anilines is 1. The summed E-state index contributed by atoms with van der Waals surface area (Å²) in [5.41, 5.74) is -0.0106. The van der Waals surface area contributed by atoms with E-state index in [-0.39, 0.29) is 27.4 Å². The third kappa shape index (κ3) is 2.45. The highest BCUT2D eigenvalue weighted by Crippen LogP contribution is 2.41. The van der Waals surface area contributed by atoms with Crippen molar-refractivity contribution in [3.63, 3.8) is 0 Å². The molecule has 3 aromatic rings. The Hall–Kier alpha value is -2.47. The number of nitrogens with zero attached hydrogens (tertiary/aromatic N) is 2. The van der Waals surface area contributed by atoms with Gasteiger partial charge in [0.15, 0.2) is 5.82 Å². The highest BCUT2D eigenvalue weighted by Gasteiger charge is 2.22. The number of phenolic OH excluding ortho intramolecular Hbond substituents is 1. The third-order valence-corrected chi connectivity index (χ3v) is 3.82. The Morgan fingerprint density at radius 3 is 2.52 bits per heavy atom. The molecule has 3 rings (SSSR count). The van der Waals surface area contributed by atoms with E-state index in [9.17, 15) is 13.9 Å². The molecule has 0 aliphatic heterocycles. The number of rotatable bonds is 2. The van der Waals surface area contributed by atoms with Crippen LogP contribution in [0.15, 0.2) is 24.5 Å². The molecule has 0 atom stereocenters. The molecule has 2 N–H and O–H groups in total. The molecule has 1 heterocycles. The minimum absolute atomic E-state index is 0.0110. The van der Waals surface area contributed by atoms with E-state index >= 15 is 0 Å². The predicted octanol–water partition coefficient (Wildman–Crippen LogP) is 4.28. The van der Waals surface area contributed by atoms with Gasteiger partial charge in [0.2, 0.25) is 0 Å². The van der Waals surface area contributed by atoms with Gasteiger partial charge in [0.1, 0.15) is 29.2 Å². The van der Waals surface area contributed by atoms with E-state index in [2.05, 4.69) is 15.3 Å². The van der Waals surface area contributed by atoms with Crippen LogP contribution < -0.4 is 5.32 Å². The lowest BCUT2D eigenvalue weighted by Gasteiger charge is -2.13. The number of nitrogens with one attached hydrogen (secondary N) is 1. The Balaban J connectivity index is 2.40. The monoisotopic (exact) mass is 335 g/mol. The average molecular weight is 336 g/mol. The van der Waals surface area contributed by atoms with Gasteiger partial charge in [0.05, 0.1) is 10.6 Å². The van der Waals surface area contributed by atoms with Crippen molar-refractivity contribution in [2.45, 2.75) is 6.92 Å². The van der Waals surface area contributed by atoms with Gasteiger partial charge >= 0.3 is 0 Å². The van der Waals surface area contributed by atoms with E-state index in [1.165, 1.54) is 24.5 Å². The van der Waals surface area contributed by atoms with E-state index in [4.69, 9.17) is 11.6 Å². The Morgan fingerprint density at radius 2 is 1.87 bits per heavy atom. The Bertz CT molecular complexity index is 908. The first-order valence-corrected chi connectivity index (χ1v) is 7.11. The van der Waals surface area contributed by atoms with Crippen LogP contribution in [0, 0.1) is 18.6 Å². The van der Waals surface area contributed by atoms with E-state index in [1.807, 2.05) is 0 Å². The molecule has 0 bridgehead atoms. The summed E-state index contributed by atoms with van der Waals surface area (Å²) in [6, 6.07) is 3.99. The van der Waals surface area contributed by atoms with Crippen LogP contribution >= 0.6 is 11.6 Å². The number of halogens is 3. The van der Waals surface area contributed by atoms with Gasteiger partial charge in [-0.2, -0.15) is 0 Å². The van der Waals surface area contributed by atoms with Crippen molar-refractivity contribution in [3.05, 3.63) is 46.7 Å². The topological polar surface area (TPSA) is 58.0 Å². The lowest BCUT2D eigenvalue weighted by molar-refractivity contribution is 0.470. The van der Waals surface area contributed by atoms with Crippen molar-refractivity contribution in [2.75, 3.05) is 12.4 Å². The molecular formula is C16H12ClF2N3O. The zero-order valence-corrected chi connectivity index (χ0v) is 13.0. The SMILES string of the molecule is CNc1ncnc2c(F)c(-c3c(O)cc(C)cc3F)c(Cl)cc12. The summed E-state index contributed by atoms with van der Waals surface area (Å²) in [5, 5.41) is 13.2. The molecule has 0 fully saturated rings. The van der Waals surface area contributed by atoms with Gasteiger partial charge in [-0.25, -0.2) is 18.7 Å². The summed E-state index contributed by atoms with van der Waals surface area (Å²) in [6.45, 7) is 1.62. The molecule has 0 radical (unpaired) electrons. The second-order valence-electron chi connectivity index (χ2n) is 5.06. The summed E-state index contributed by atoms with van der Waals surface area (Å²) in [4.78, 5) is 7.89. The fourth-order valence-electron chi connectivity index (χ4n) is 2.53. The molecule has 4 nitrogen and oxygen atoms in total. The number of aromatic hydroxyl groups is 1. The maximum atomic E-state index is 14.9. The summed E-state index contributed by atoms with van der Waals surface area (Å²) >= 11 is 6.15. The number of aryl methyl sites for hydroxylation is 1. The van der Waals surface area contributed by atoms with E-state index < -0.39 is 11.6 Å². The number of benzene rings is 2. The normalized spacial score (nSPS) is 11.0. The Labute approximate surface area is 135 Å². The molecular weight excluding hydrogens is 324 g/mol. The van der Waals surface area contributed by atoms with Crippen molar-refractivity contribution in [3.8, 4) is 16.9 Å². The molecule has 0 aliphatic carbocycles. The zero-order valence-electron chi connectivity index (χ0n) is 12.3. The molecule has 7 heteroatoms. The van der Waals surface area contributed by atoms with Crippen molar-refractivity contribution < 1.29 is 13.9 Å². The number of aromatic nitrogens is 2. The molecule has 0 saturated heterocycles. The quantitative estimate of drug-likeness (QED) is 0.733. The molecule has 0 saturated carbocycles. The third-order valence-electron chi connectivity index (χ3n) is 3.52. The Kier molecular flexibility index (Phi) is 3.77. The molecule has 1 aromatic heterocycles. The summed E-state index contributed by atoms with van der Waals surface area (Å²) in [7, 11) is 1.63. The van der Waals surface area contributed by atoms with Crippen LogP contribution in [0.3, 0.4) is 0 Å². The van der Waals surface area contributed by atoms with E-state index in [0.29, 0.717) is 16.8 Å². The zero-order chi connectivity index (χ0) is 16.7. The van der Waals surface area contributed by atoms with Gasteiger partial charge in [-0.3, -0.25) is 0 Å². The van der Waals surface area contributed by atoms with Gasteiger partial charge in [-0.15, -0.1) is 0 Å². The fraction of sp³-hybridized carbons (Fsp3) is 0.125. The second kappa shape index (κ2) is 5.62. The van der Waals surface area contributed by atoms with Gasteiger partial charge in [-0.1, -0.05) is 11.6 Å². The first-order valence-electron chi connectivity index (χ1n) is 6.74. The molecule has 118 valence electrons. The van der Waals surface area contributed by atoms with Gasteiger partial charge < -0.3 is 10.4 Å². The fourth-order valence-corrected chi connectivity index (χ4v) is 2.82. The van der Waals surface area contributed by atoms with Crippen molar-refractivity contribution in [1.82, 2.24) is 9.97 Å².